The molecule has 0 saturated heterocycles. The number of pyridine rings is 1. The lowest BCUT2D eigenvalue weighted by atomic mass is 10.2. The summed E-state index contributed by atoms with van der Waals surface area (Å²) in [6.45, 7) is 5.97. The number of nitrogens with one attached hydrogen (secondary N) is 1. The van der Waals surface area contributed by atoms with Gasteiger partial charge in [0.25, 0.3) is 5.56 Å². The van der Waals surface area contributed by atoms with Crippen molar-refractivity contribution >= 4 is 56.6 Å². The number of aromatic nitrogens is 3. The smallest absolute Gasteiger partial charge is 0.309 e. The van der Waals surface area contributed by atoms with Crippen LogP contribution < -0.4 is 10.9 Å². The lowest BCUT2D eigenvalue weighted by molar-refractivity contribution is -0.137. The summed E-state index contributed by atoms with van der Waals surface area (Å²) in [5.74, 6) is -0.832. The van der Waals surface area contributed by atoms with Crippen molar-refractivity contribution in [1.82, 2.24) is 14.5 Å². The molecular formula is C18H16ClF3N4O2S2. The zero-order valence-corrected chi connectivity index (χ0v) is 18.4. The highest BCUT2D eigenvalue weighted by Crippen LogP contribution is 2.32. The third-order valence-electron chi connectivity index (χ3n) is 4.33. The minimum absolute atomic E-state index is 0.125. The number of carbonyl (C=O) groups is 1. The van der Waals surface area contributed by atoms with Gasteiger partial charge in [0.2, 0.25) is 5.91 Å². The van der Waals surface area contributed by atoms with Crippen molar-refractivity contribution in [3.05, 3.63) is 43.6 Å². The van der Waals surface area contributed by atoms with Crippen LogP contribution in [-0.2, 0) is 17.5 Å². The molecule has 0 saturated carbocycles. The Morgan fingerprint density at radius 3 is 2.67 bits per heavy atom. The number of thiophene rings is 1. The molecule has 1 N–H and O–H groups in total. The van der Waals surface area contributed by atoms with Gasteiger partial charge >= 0.3 is 6.18 Å². The van der Waals surface area contributed by atoms with Crippen LogP contribution in [0.3, 0.4) is 0 Å². The molecule has 0 aliphatic carbocycles. The molecule has 3 rings (SSSR count). The lowest BCUT2D eigenvalue weighted by Crippen LogP contribution is -2.23. The Bertz CT molecular complexity index is 1190. The maximum absolute atomic E-state index is 12.8. The average molecular weight is 477 g/mol. The molecule has 0 unspecified atom stereocenters. The van der Waals surface area contributed by atoms with Gasteiger partial charge in [-0.2, -0.15) is 13.2 Å². The molecule has 30 heavy (non-hydrogen) atoms. The highest BCUT2D eigenvalue weighted by Gasteiger charge is 2.31. The molecule has 6 nitrogen and oxygen atoms in total. The molecule has 0 bridgehead atoms. The normalized spacial score (nSPS) is 11.8. The Hall–Kier alpha value is -2.11. The van der Waals surface area contributed by atoms with Crippen molar-refractivity contribution in [2.24, 2.45) is 0 Å². The van der Waals surface area contributed by atoms with Gasteiger partial charge in [-0.3, -0.25) is 14.2 Å². The molecule has 0 aromatic carbocycles. The lowest BCUT2D eigenvalue weighted by Gasteiger charge is -2.11. The molecule has 0 spiro atoms. The number of anilines is 1. The highest BCUT2D eigenvalue weighted by atomic mass is 35.5. The van der Waals surface area contributed by atoms with Crippen LogP contribution in [0.5, 0.6) is 0 Å². The largest absolute Gasteiger partial charge is 0.417 e. The van der Waals surface area contributed by atoms with E-state index in [9.17, 15) is 22.8 Å². The number of nitrogens with zero attached hydrogens (tertiary/aromatic N) is 3. The number of thioether (sulfide) groups is 1. The van der Waals surface area contributed by atoms with E-state index in [1.54, 1.807) is 6.92 Å². The van der Waals surface area contributed by atoms with Crippen LogP contribution in [0.15, 0.2) is 22.2 Å². The zero-order chi connectivity index (χ0) is 22.2. The predicted octanol–water partition coefficient (Wildman–Crippen LogP) is 4.89. The number of aryl methyl sites for hydroxylation is 2. The van der Waals surface area contributed by atoms with E-state index in [2.05, 4.69) is 15.3 Å². The predicted molar refractivity (Wildman–Crippen MR) is 113 cm³/mol. The van der Waals surface area contributed by atoms with Gasteiger partial charge in [-0.05, 0) is 32.4 Å². The van der Waals surface area contributed by atoms with Crippen molar-refractivity contribution in [3.63, 3.8) is 0 Å². The first-order valence-corrected chi connectivity index (χ1v) is 10.9. The number of carbonyl (C=O) groups excluding carboxylic acids is 1. The highest BCUT2D eigenvalue weighted by molar-refractivity contribution is 7.99. The van der Waals surface area contributed by atoms with E-state index in [0.717, 1.165) is 22.2 Å². The number of rotatable bonds is 5. The Morgan fingerprint density at radius 1 is 1.37 bits per heavy atom. The van der Waals surface area contributed by atoms with Crippen molar-refractivity contribution < 1.29 is 18.0 Å². The zero-order valence-electron chi connectivity index (χ0n) is 16.1. The minimum atomic E-state index is -4.58. The molecule has 12 heteroatoms. The van der Waals surface area contributed by atoms with Crippen LogP contribution in [0.1, 0.15) is 22.9 Å². The van der Waals surface area contributed by atoms with Crippen molar-refractivity contribution in [2.45, 2.75) is 38.6 Å². The third kappa shape index (κ3) is 4.47. The second-order valence-corrected chi connectivity index (χ2v) is 8.85. The Balaban J connectivity index is 1.78. The van der Waals surface area contributed by atoms with E-state index < -0.39 is 17.6 Å². The molecule has 0 aliphatic rings. The second-order valence-electron chi connectivity index (χ2n) is 6.30. The quantitative estimate of drug-likeness (QED) is 0.419. The fourth-order valence-corrected chi connectivity index (χ4v) is 4.83. The van der Waals surface area contributed by atoms with E-state index >= 15 is 0 Å². The van der Waals surface area contributed by atoms with Crippen LogP contribution in [0.4, 0.5) is 19.0 Å². The Labute approximate surface area is 182 Å². The molecule has 3 heterocycles. The van der Waals surface area contributed by atoms with Crippen LogP contribution in [0.25, 0.3) is 10.2 Å². The molecule has 1 amide bonds. The summed E-state index contributed by atoms with van der Waals surface area (Å²) in [6.07, 6.45) is -3.98. The monoisotopic (exact) mass is 476 g/mol. The van der Waals surface area contributed by atoms with E-state index in [1.807, 2.05) is 13.8 Å². The fourth-order valence-electron chi connectivity index (χ4n) is 2.68. The van der Waals surface area contributed by atoms with Crippen molar-refractivity contribution in [1.29, 1.82) is 0 Å². The molecule has 3 aromatic rings. The van der Waals surface area contributed by atoms with Gasteiger partial charge in [-0.25, -0.2) is 9.97 Å². The summed E-state index contributed by atoms with van der Waals surface area (Å²) in [5.41, 5.74) is -0.280. The average Bonchev–Trinajstić information content (AvgIpc) is 2.95. The van der Waals surface area contributed by atoms with Crippen LogP contribution >= 0.6 is 34.7 Å². The summed E-state index contributed by atoms with van der Waals surface area (Å²) in [4.78, 5) is 34.8. The third-order valence-corrected chi connectivity index (χ3v) is 6.69. The first kappa shape index (κ1) is 22.6. The van der Waals surface area contributed by atoms with Crippen LogP contribution in [-0.4, -0.2) is 26.2 Å². The summed E-state index contributed by atoms with van der Waals surface area (Å²) in [5, 5.41) is 3.02. The van der Waals surface area contributed by atoms with Gasteiger partial charge in [-0.1, -0.05) is 23.4 Å². The van der Waals surface area contributed by atoms with E-state index in [0.29, 0.717) is 34.2 Å². The Kier molecular flexibility index (Phi) is 6.44. The van der Waals surface area contributed by atoms with Gasteiger partial charge < -0.3 is 5.32 Å². The number of hydrogen-bond acceptors (Lipinski definition) is 6. The number of fused-ring (bicyclic) bond motifs is 1. The van der Waals surface area contributed by atoms with E-state index in [4.69, 9.17) is 11.6 Å². The van der Waals surface area contributed by atoms with Crippen molar-refractivity contribution in [2.75, 3.05) is 11.1 Å². The molecule has 0 aliphatic heterocycles. The summed E-state index contributed by atoms with van der Waals surface area (Å²) in [6, 6.07) is 0.697. The van der Waals surface area contributed by atoms with Crippen molar-refractivity contribution in [3.8, 4) is 0 Å². The van der Waals surface area contributed by atoms with Gasteiger partial charge in [-0.15, -0.1) is 11.3 Å². The molecule has 160 valence electrons. The summed E-state index contributed by atoms with van der Waals surface area (Å²) in [7, 11) is 0. The summed E-state index contributed by atoms with van der Waals surface area (Å²) >= 11 is 8.27. The molecular weight excluding hydrogens is 461 g/mol. The minimum Gasteiger partial charge on any atom is -0.309 e. The van der Waals surface area contributed by atoms with Gasteiger partial charge in [0.15, 0.2) is 11.0 Å². The maximum atomic E-state index is 12.8. The fraction of sp³-hybridized carbons (Fsp3) is 0.333. The second kappa shape index (κ2) is 8.56. The van der Waals surface area contributed by atoms with Crippen LogP contribution in [0.2, 0.25) is 5.02 Å². The van der Waals surface area contributed by atoms with E-state index in [-0.39, 0.29) is 22.2 Å². The van der Waals surface area contributed by atoms with Gasteiger partial charge in [0, 0.05) is 17.6 Å². The molecule has 3 aromatic heterocycles. The number of alkyl halides is 3. The van der Waals surface area contributed by atoms with Gasteiger partial charge in [0.05, 0.1) is 21.7 Å². The first-order valence-electron chi connectivity index (χ1n) is 8.68. The number of halogens is 4. The SMILES string of the molecule is CCn1c(SCC(=O)Nc2ncc(C(F)(F)F)cc2Cl)nc2sc(C)c(C)c2c1=O. The molecule has 0 fully saturated rings. The molecule has 0 radical (unpaired) electrons. The topological polar surface area (TPSA) is 76.9 Å². The first-order chi connectivity index (χ1) is 14.0. The Morgan fingerprint density at radius 2 is 2.07 bits per heavy atom. The van der Waals surface area contributed by atoms with Gasteiger partial charge in [0.1, 0.15) is 4.83 Å². The molecule has 0 atom stereocenters. The standard InChI is InChI=1S/C18H16ClF3N4O2S2/c1-4-26-16(28)13-8(2)9(3)30-15(13)25-17(26)29-7-12(27)24-14-11(19)5-10(6-23-14)18(20,21)22/h5-6H,4,7H2,1-3H3,(H,23,24,27). The number of amides is 1. The summed E-state index contributed by atoms with van der Waals surface area (Å²) < 4.78 is 39.6. The maximum Gasteiger partial charge on any atom is 0.417 e. The van der Waals surface area contributed by atoms with E-state index in [1.165, 1.54) is 15.9 Å². The number of hydrogen-bond donors (Lipinski definition) is 1. The van der Waals surface area contributed by atoms with Crippen LogP contribution in [0, 0.1) is 13.8 Å².